The normalized spacial score (nSPS) is 12.8. The molecule has 0 rings (SSSR count). The van der Waals surface area contributed by atoms with Gasteiger partial charge in [0.25, 0.3) is 0 Å². The number of unbranched alkanes of at least 4 members (excludes halogenated alkanes) is 26. The molecule has 0 heterocycles. The Morgan fingerprint density at radius 2 is 0.549 bits per heavy atom. The minimum atomic E-state index is -0.795. The molecule has 0 fully saturated rings. The SMILES string of the molecule is CC/C=C\C/C=C\C/C=C\C/C=C\C/C=C\C/C=C\CCCCCCC(=O)OCC(COC(=O)CCCCCCC/C=C\CCCCCC)OC(=O)CCCCCCCCC/C=C\CCCCCCCC. The van der Waals surface area contributed by atoms with E-state index in [2.05, 4.69) is 118 Å². The summed E-state index contributed by atoms with van der Waals surface area (Å²) in [6, 6.07) is 0. The van der Waals surface area contributed by atoms with Gasteiger partial charge in [-0.1, -0.05) is 234 Å². The van der Waals surface area contributed by atoms with E-state index in [0.717, 1.165) is 116 Å². The Morgan fingerprint density at radius 3 is 0.887 bits per heavy atom. The fourth-order valence-corrected chi connectivity index (χ4v) is 8.08. The standard InChI is InChI=1S/C65H110O6/c1-4-7-10-13-16-19-22-25-27-29-30-31-32-33-34-36-37-40-43-46-49-52-55-58-64(67)70-61-62(60-69-63(66)57-54-51-48-45-42-39-24-21-18-15-12-9-6-3)71-65(68)59-56-53-50-47-44-41-38-35-28-26-23-20-17-14-11-8-5-2/h7,10,16,19,21,24-28,30-31,33-34,37,40,62H,4-6,8-9,11-15,17-18,20,22-23,29,32,35-36,38-39,41-61H2,1-3H3/b10-7-,19-16-,24-21-,27-25-,28-26-,31-30-,34-33-,40-37-. The number of esters is 3. The van der Waals surface area contributed by atoms with Crippen molar-refractivity contribution in [2.75, 3.05) is 13.2 Å². The van der Waals surface area contributed by atoms with Crippen LogP contribution in [-0.2, 0) is 28.6 Å². The maximum Gasteiger partial charge on any atom is 0.306 e. The van der Waals surface area contributed by atoms with Gasteiger partial charge in [-0.3, -0.25) is 14.4 Å². The molecule has 6 nitrogen and oxygen atoms in total. The Balaban J connectivity index is 4.42. The summed E-state index contributed by atoms with van der Waals surface area (Å²) in [4.78, 5) is 38.2. The average molecular weight is 988 g/mol. The molecule has 0 bridgehead atoms. The first-order valence-corrected chi connectivity index (χ1v) is 29.7. The number of ether oxygens (including phenoxy) is 3. The maximum atomic E-state index is 12.9. The number of allylic oxidation sites excluding steroid dienone is 16. The van der Waals surface area contributed by atoms with Gasteiger partial charge in [0, 0.05) is 19.3 Å². The highest BCUT2D eigenvalue weighted by Crippen LogP contribution is 2.14. The third-order valence-electron chi connectivity index (χ3n) is 12.5. The predicted molar refractivity (Wildman–Crippen MR) is 307 cm³/mol. The second kappa shape index (κ2) is 58.9. The summed E-state index contributed by atoms with van der Waals surface area (Å²) in [7, 11) is 0. The zero-order valence-electron chi connectivity index (χ0n) is 46.5. The van der Waals surface area contributed by atoms with Crippen molar-refractivity contribution in [2.45, 2.75) is 284 Å². The van der Waals surface area contributed by atoms with Crippen molar-refractivity contribution in [2.24, 2.45) is 0 Å². The molecule has 0 aliphatic rings. The van der Waals surface area contributed by atoms with Gasteiger partial charge in [0.15, 0.2) is 6.10 Å². The summed E-state index contributed by atoms with van der Waals surface area (Å²) in [6.07, 6.45) is 78.2. The second-order valence-corrected chi connectivity index (χ2v) is 19.5. The minimum Gasteiger partial charge on any atom is -0.462 e. The Kier molecular flexibility index (Phi) is 55.9. The molecule has 1 unspecified atom stereocenters. The molecule has 406 valence electrons. The van der Waals surface area contributed by atoms with Crippen LogP contribution in [0, 0.1) is 0 Å². The van der Waals surface area contributed by atoms with E-state index in [4.69, 9.17) is 14.2 Å². The van der Waals surface area contributed by atoms with E-state index in [1.54, 1.807) is 0 Å². The van der Waals surface area contributed by atoms with Gasteiger partial charge in [-0.05, 0) is 122 Å². The molecule has 0 aliphatic carbocycles. The monoisotopic (exact) mass is 987 g/mol. The Hall–Kier alpha value is -3.67. The highest BCUT2D eigenvalue weighted by Gasteiger charge is 2.19. The molecule has 0 aliphatic heterocycles. The van der Waals surface area contributed by atoms with Gasteiger partial charge >= 0.3 is 17.9 Å². The van der Waals surface area contributed by atoms with Gasteiger partial charge in [0.05, 0.1) is 0 Å². The summed E-state index contributed by atoms with van der Waals surface area (Å²) >= 11 is 0. The van der Waals surface area contributed by atoms with Crippen molar-refractivity contribution < 1.29 is 28.6 Å². The van der Waals surface area contributed by atoms with Gasteiger partial charge in [-0.2, -0.15) is 0 Å². The molecule has 6 heteroatoms. The van der Waals surface area contributed by atoms with Crippen LogP contribution in [0.4, 0.5) is 0 Å². The summed E-state index contributed by atoms with van der Waals surface area (Å²) in [6.45, 7) is 6.49. The smallest absolute Gasteiger partial charge is 0.306 e. The fraction of sp³-hybridized carbons (Fsp3) is 0.708. The summed E-state index contributed by atoms with van der Waals surface area (Å²) in [5.41, 5.74) is 0. The molecule has 1 atom stereocenters. The molecule has 0 spiro atoms. The first-order valence-electron chi connectivity index (χ1n) is 29.7. The van der Waals surface area contributed by atoms with Crippen LogP contribution < -0.4 is 0 Å². The van der Waals surface area contributed by atoms with E-state index in [0.29, 0.717) is 19.3 Å². The van der Waals surface area contributed by atoms with Crippen LogP contribution in [0.25, 0.3) is 0 Å². The molecular formula is C65H110O6. The number of carbonyl (C=O) groups is 3. The number of rotatable bonds is 53. The summed E-state index contributed by atoms with van der Waals surface area (Å²) in [5, 5.41) is 0. The maximum absolute atomic E-state index is 12.9. The zero-order chi connectivity index (χ0) is 51.4. The van der Waals surface area contributed by atoms with Crippen molar-refractivity contribution in [1.82, 2.24) is 0 Å². The lowest BCUT2D eigenvalue weighted by Crippen LogP contribution is -2.30. The van der Waals surface area contributed by atoms with Gasteiger partial charge in [-0.25, -0.2) is 0 Å². The zero-order valence-corrected chi connectivity index (χ0v) is 46.5. The number of carbonyl (C=O) groups excluding carboxylic acids is 3. The molecule has 71 heavy (non-hydrogen) atoms. The lowest BCUT2D eigenvalue weighted by Gasteiger charge is -2.18. The van der Waals surface area contributed by atoms with Crippen LogP contribution in [0.15, 0.2) is 97.2 Å². The summed E-state index contributed by atoms with van der Waals surface area (Å²) < 4.78 is 16.9. The Bertz CT molecular complexity index is 1410. The molecule has 0 saturated heterocycles. The van der Waals surface area contributed by atoms with Crippen molar-refractivity contribution >= 4 is 17.9 Å². The van der Waals surface area contributed by atoms with E-state index in [1.807, 2.05) is 0 Å². The van der Waals surface area contributed by atoms with Crippen LogP contribution in [0.3, 0.4) is 0 Å². The number of hydrogen-bond donors (Lipinski definition) is 0. The minimum absolute atomic E-state index is 0.0918. The fourth-order valence-electron chi connectivity index (χ4n) is 8.08. The van der Waals surface area contributed by atoms with Gasteiger partial charge in [0.1, 0.15) is 13.2 Å². The molecule has 0 aromatic heterocycles. The van der Waals surface area contributed by atoms with Crippen LogP contribution in [0.1, 0.15) is 278 Å². The van der Waals surface area contributed by atoms with Crippen molar-refractivity contribution in [3.8, 4) is 0 Å². The van der Waals surface area contributed by atoms with E-state index in [1.165, 1.54) is 122 Å². The van der Waals surface area contributed by atoms with Crippen LogP contribution in [0.5, 0.6) is 0 Å². The van der Waals surface area contributed by atoms with Gasteiger partial charge < -0.3 is 14.2 Å². The van der Waals surface area contributed by atoms with Crippen molar-refractivity contribution in [3.63, 3.8) is 0 Å². The molecule has 0 aromatic carbocycles. The van der Waals surface area contributed by atoms with Gasteiger partial charge in [-0.15, -0.1) is 0 Å². The summed E-state index contributed by atoms with van der Waals surface area (Å²) in [5.74, 6) is -0.925. The van der Waals surface area contributed by atoms with E-state index in [-0.39, 0.29) is 31.1 Å². The first-order chi connectivity index (χ1) is 35.0. The molecule has 0 N–H and O–H groups in total. The molecule has 0 saturated carbocycles. The van der Waals surface area contributed by atoms with E-state index in [9.17, 15) is 14.4 Å². The Labute approximate surface area is 438 Å². The van der Waals surface area contributed by atoms with Crippen LogP contribution in [0.2, 0.25) is 0 Å². The highest BCUT2D eigenvalue weighted by atomic mass is 16.6. The Morgan fingerprint density at radius 1 is 0.296 bits per heavy atom. The van der Waals surface area contributed by atoms with Crippen molar-refractivity contribution in [1.29, 1.82) is 0 Å². The molecular weight excluding hydrogens is 877 g/mol. The predicted octanol–water partition coefficient (Wildman–Crippen LogP) is 20.1. The topological polar surface area (TPSA) is 78.9 Å². The first kappa shape index (κ1) is 67.3. The quantitative estimate of drug-likeness (QED) is 0.0261. The van der Waals surface area contributed by atoms with Crippen molar-refractivity contribution in [3.05, 3.63) is 97.2 Å². The largest absolute Gasteiger partial charge is 0.462 e. The third-order valence-corrected chi connectivity index (χ3v) is 12.5. The highest BCUT2D eigenvalue weighted by molar-refractivity contribution is 5.71. The molecule has 0 amide bonds. The molecule has 0 aromatic rings. The lowest BCUT2D eigenvalue weighted by atomic mass is 10.1. The van der Waals surface area contributed by atoms with Gasteiger partial charge in [0.2, 0.25) is 0 Å². The lowest BCUT2D eigenvalue weighted by molar-refractivity contribution is -0.167. The van der Waals surface area contributed by atoms with E-state index >= 15 is 0 Å². The van der Waals surface area contributed by atoms with E-state index < -0.39 is 6.10 Å². The van der Waals surface area contributed by atoms with Crippen LogP contribution >= 0.6 is 0 Å². The third kappa shape index (κ3) is 57.1. The van der Waals surface area contributed by atoms with Crippen LogP contribution in [-0.4, -0.2) is 37.2 Å². The second-order valence-electron chi connectivity index (χ2n) is 19.5. The molecule has 0 radical (unpaired) electrons. The number of hydrogen-bond acceptors (Lipinski definition) is 6. The average Bonchev–Trinajstić information content (AvgIpc) is 3.37.